The highest BCUT2D eigenvalue weighted by molar-refractivity contribution is 6.33. The maximum Gasteiger partial charge on any atom is 0.139 e. The van der Waals surface area contributed by atoms with Crippen LogP contribution in [0.5, 0.6) is 0 Å². The van der Waals surface area contributed by atoms with Crippen molar-refractivity contribution in [3.63, 3.8) is 0 Å². The molecule has 0 aliphatic carbocycles. The molecule has 0 radical (unpaired) electrons. The van der Waals surface area contributed by atoms with Crippen LogP contribution in [-0.4, -0.2) is 16.5 Å². The zero-order valence-corrected chi connectivity index (χ0v) is 12.8. The molecule has 0 aliphatic heterocycles. The molecule has 0 spiro atoms. The average molecular weight is 309 g/mol. The van der Waals surface area contributed by atoms with E-state index in [2.05, 4.69) is 27.5 Å². The van der Waals surface area contributed by atoms with Crippen LogP contribution in [0.3, 0.4) is 0 Å². The SMILES string of the molecule is CCCc1c(NCC)ncnc1Nc1ccc(F)cc1Cl. The zero-order valence-electron chi connectivity index (χ0n) is 12.1. The van der Waals surface area contributed by atoms with Gasteiger partial charge in [0.2, 0.25) is 0 Å². The van der Waals surface area contributed by atoms with Gasteiger partial charge in [-0.05, 0) is 31.5 Å². The summed E-state index contributed by atoms with van der Waals surface area (Å²) >= 11 is 6.05. The molecule has 21 heavy (non-hydrogen) atoms. The Morgan fingerprint density at radius 3 is 2.62 bits per heavy atom. The molecule has 0 fully saturated rings. The second-order valence-electron chi connectivity index (χ2n) is 4.58. The first-order valence-corrected chi connectivity index (χ1v) is 7.33. The van der Waals surface area contributed by atoms with E-state index in [9.17, 15) is 4.39 Å². The molecule has 2 rings (SSSR count). The van der Waals surface area contributed by atoms with E-state index in [0.717, 1.165) is 30.8 Å². The molecule has 6 heteroatoms. The van der Waals surface area contributed by atoms with E-state index in [1.807, 2.05) is 6.92 Å². The number of halogens is 2. The van der Waals surface area contributed by atoms with Gasteiger partial charge >= 0.3 is 0 Å². The van der Waals surface area contributed by atoms with E-state index in [-0.39, 0.29) is 5.82 Å². The van der Waals surface area contributed by atoms with Crippen LogP contribution in [0.25, 0.3) is 0 Å². The predicted molar refractivity (Wildman–Crippen MR) is 84.9 cm³/mol. The van der Waals surface area contributed by atoms with Crippen LogP contribution < -0.4 is 10.6 Å². The lowest BCUT2D eigenvalue weighted by atomic mass is 10.1. The first-order valence-electron chi connectivity index (χ1n) is 6.95. The number of hydrogen-bond acceptors (Lipinski definition) is 4. The van der Waals surface area contributed by atoms with Crippen molar-refractivity contribution >= 4 is 28.9 Å². The molecule has 2 aromatic rings. The Morgan fingerprint density at radius 2 is 1.95 bits per heavy atom. The topological polar surface area (TPSA) is 49.8 Å². The summed E-state index contributed by atoms with van der Waals surface area (Å²) in [5.74, 6) is 1.14. The summed E-state index contributed by atoms with van der Waals surface area (Å²) in [5.41, 5.74) is 1.62. The lowest BCUT2D eigenvalue weighted by Crippen LogP contribution is -2.08. The van der Waals surface area contributed by atoms with Gasteiger partial charge in [-0.25, -0.2) is 14.4 Å². The van der Waals surface area contributed by atoms with E-state index in [1.165, 1.54) is 18.5 Å². The summed E-state index contributed by atoms with van der Waals surface area (Å²) in [5, 5.41) is 6.71. The number of hydrogen-bond donors (Lipinski definition) is 2. The first kappa shape index (κ1) is 15.5. The fourth-order valence-corrected chi connectivity index (χ4v) is 2.26. The van der Waals surface area contributed by atoms with Crippen LogP contribution >= 0.6 is 11.6 Å². The summed E-state index contributed by atoms with van der Waals surface area (Å²) in [6, 6.07) is 4.23. The van der Waals surface area contributed by atoms with Gasteiger partial charge in [0.25, 0.3) is 0 Å². The lowest BCUT2D eigenvalue weighted by molar-refractivity contribution is 0.628. The van der Waals surface area contributed by atoms with Crippen LogP contribution in [0, 0.1) is 5.82 Å². The van der Waals surface area contributed by atoms with Gasteiger partial charge in [-0.1, -0.05) is 24.9 Å². The molecule has 0 atom stereocenters. The summed E-state index contributed by atoms with van der Waals surface area (Å²) in [6.45, 7) is 4.89. The van der Waals surface area contributed by atoms with Crippen molar-refractivity contribution in [1.29, 1.82) is 0 Å². The Balaban J connectivity index is 2.36. The Morgan fingerprint density at radius 1 is 1.19 bits per heavy atom. The second kappa shape index (κ2) is 7.22. The number of anilines is 3. The molecule has 1 heterocycles. The van der Waals surface area contributed by atoms with Crippen molar-refractivity contribution in [2.45, 2.75) is 26.7 Å². The maximum atomic E-state index is 13.1. The van der Waals surface area contributed by atoms with Crippen LogP contribution in [0.1, 0.15) is 25.8 Å². The standard InChI is InChI=1S/C15H18ClFN4/c1-3-5-11-14(18-4-2)19-9-20-15(11)21-13-7-6-10(17)8-12(13)16/h6-9H,3-5H2,1-2H3,(H2,18,19,20,21). The molecule has 1 aromatic heterocycles. The van der Waals surface area contributed by atoms with Gasteiger partial charge < -0.3 is 10.6 Å². The number of aromatic nitrogens is 2. The van der Waals surface area contributed by atoms with E-state index in [0.29, 0.717) is 16.5 Å². The highest BCUT2D eigenvalue weighted by Gasteiger charge is 2.12. The van der Waals surface area contributed by atoms with E-state index in [1.54, 1.807) is 6.07 Å². The van der Waals surface area contributed by atoms with Crippen molar-refractivity contribution in [3.8, 4) is 0 Å². The molecule has 0 bridgehead atoms. The number of rotatable bonds is 6. The molecule has 0 aliphatic rings. The fraction of sp³-hybridized carbons (Fsp3) is 0.333. The van der Waals surface area contributed by atoms with Gasteiger partial charge in [-0.2, -0.15) is 0 Å². The molecule has 112 valence electrons. The van der Waals surface area contributed by atoms with Crippen molar-refractivity contribution in [3.05, 3.63) is 40.9 Å². The summed E-state index contributed by atoms with van der Waals surface area (Å²) in [4.78, 5) is 8.56. The van der Waals surface area contributed by atoms with Gasteiger partial charge in [0.05, 0.1) is 10.7 Å². The minimum atomic E-state index is -0.365. The third-order valence-electron chi connectivity index (χ3n) is 2.97. The second-order valence-corrected chi connectivity index (χ2v) is 4.99. The molecule has 0 saturated carbocycles. The Bertz CT molecular complexity index is 619. The minimum absolute atomic E-state index is 0.320. The van der Waals surface area contributed by atoms with Gasteiger partial charge in [0, 0.05) is 12.1 Å². The van der Waals surface area contributed by atoms with Crippen molar-refractivity contribution in [1.82, 2.24) is 9.97 Å². The summed E-state index contributed by atoms with van der Waals surface area (Å²) in [6.07, 6.45) is 3.30. The van der Waals surface area contributed by atoms with Gasteiger partial charge in [-0.3, -0.25) is 0 Å². The van der Waals surface area contributed by atoms with E-state index < -0.39 is 0 Å². The maximum absolute atomic E-state index is 13.1. The highest BCUT2D eigenvalue weighted by Crippen LogP contribution is 2.29. The summed E-state index contributed by atoms with van der Waals surface area (Å²) in [7, 11) is 0. The molecule has 0 unspecified atom stereocenters. The van der Waals surface area contributed by atoms with Crippen LogP contribution in [0.2, 0.25) is 5.02 Å². The van der Waals surface area contributed by atoms with Gasteiger partial charge in [-0.15, -0.1) is 0 Å². The van der Waals surface area contributed by atoms with Crippen LogP contribution in [0.4, 0.5) is 21.7 Å². The molecule has 4 nitrogen and oxygen atoms in total. The minimum Gasteiger partial charge on any atom is -0.370 e. The fourth-order valence-electron chi connectivity index (χ4n) is 2.05. The third kappa shape index (κ3) is 3.82. The zero-order chi connectivity index (χ0) is 15.2. The quantitative estimate of drug-likeness (QED) is 0.830. The highest BCUT2D eigenvalue weighted by atomic mass is 35.5. The number of nitrogens with one attached hydrogen (secondary N) is 2. The van der Waals surface area contributed by atoms with Gasteiger partial charge in [0.15, 0.2) is 0 Å². The van der Waals surface area contributed by atoms with Crippen molar-refractivity contribution < 1.29 is 4.39 Å². The Labute approximate surface area is 128 Å². The normalized spacial score (nSPS) is 10.5. The average Bonchev–Trinajstić information content (AvgIpc) is 2.45. The Kier molecular flexibility index (Phi) is 5.33. The third-order valence-corrected chi connectivity index (χ3v) is 3.29. The molecular formula is C15H18ClFN4. The van der Waals surface area contributed by atoms with Gasteiger partial charge in [0.1, 0.15) is 23.8 Å². The van der Waals surface area contributed by atoms with Crippen LogP contribution in [-0.2, 0) is 6.42 Å². The largest absolute Gasteiger partial charge is 0.370 e. The monoisotopic (exact) mass is 308 g/mol. The molecule has 0 saturated heterocycles. The van der Waals surface area contributed by atoms with E-state index in [4.69, 9.17) is 11.6 Å². The number of nitrogens with zero attached hydrogens (tertiary/aromatic N) is 2. The van der Waals surface area contributed by atoms with Crippen molar-refractivity contribution in [2.75, 3.05) is 17.2 Å². The van der Waals surface area contributed by atoms with Crippen molar-refractivity contribution in [2.24, 2.45) is 0 Å². The smallest absolute Gasteiger partial charge is 0.139 e. The predicted octanol–water partition coefficient (Wildman–Crippen LogP) is 4.40. The molecule has 0 amide bonds. The Hall–Kier alpha value is -1.88. The number of benzene rings is 1. The first-order chi connectivity index (χ1) is 10.2. The van der Waals surface area contributed by atoms with E-state index >= 15 is 0 Å². The van der Waals surface area contributed by atoms with Crippen LogP contribution in [0.15, 0.2) is 24.5 Å². The molecular weight excluding hydrogens is 291 g/mol. The lowest BCUT2D eigenvalue weighted by Gasteiger charge is -2.15. The summed E-state index contributed by atoms with van der Waals surface area (Å²) < 4.78 is 13.1. The molecule has 1 aromatic carbocycles. The molecule has 2 N–H and O–H groups in total.